The second-order valence-electron chi connectivity index (χ2n) is 8.44. The Kier molecular flexibility index (Phi) is 6.30. The molecule has 0 aliphatic carbocycles. The number of hydrogen-bond acceptors (Lipinski definition) is 4. The van der Waals surface area contributed by atoms with Crippen LogP contribution in [0.3, 0.4) is 0 Å². The summed E-state index contributed by atoms with van der Waals surface area (Å²) in [6, 6.07) is 16.7. The molecule has 0 radical (unpaired) electrons. The first-order valence-corrected chi connectivity index (χ1v) is 11.0. The van der Waals surface area contributed by atoms with E-state index in [2.05, 4.69) is 60.9 Å². The zero-order valence-electron chi connectivity index (χ0n) is 18.3. The van der Waals surface area contributed by atoms with Gasteiger partial charge in [-0.1, -0.05) is 61.0 Å². The number of piperazine rings is 1. The third-order valence-corrected chi connectivity index (χ3v) is 6.31. The summed E-state index contributed by atoms with van der Waals surface area (Å²) in [4.78, 5) is 18.0. The summed E-state index contributed by atoms with van der Waals surface area (Å²) >= 11 is 0. The standard InChI is InChI=1S/C25H32N4O/c1-4-27-12-14-28(15-13-27)18-25(30)29-24(21-8-6-5-7-9-21)17-23(26-29)22-11-10-19(2)16-20(22)3/h5-11,16,24H,4,12-15,17-18H2,1-3H3/t24-/m1/s1. The molecule has 0 bridgehead atoms. The average Bonchev–Trinajstić information content (AvgIpc) is 3.20. The smallest absolute Gasteiger partial charge is 0.257 e. The second-order valence-corrected chi connectivity index (χ2v) is 8.44. The Morgan fingerprint density at radius 3 is 2.37 bits per heavy atom. The van der Waals surface area contributed by atoms with E-state index in [0.29, 0.717) is 6.54 Å². The number of hydrazone groups is 1. The minimum atomic E-state index is -0.0358. The fourth-order valence-corrected chi connectivity index (χ4v) is 4.50. The number of carbonyl (C=O) groups excluding carboxylic acids is 1. The van der Waals surface area contributed by atoms with Crippen molar-refractivity contribution in [3.8, 4) is 0 Å². The molecule has 0 unspecified atom stereocenters. The molecule has 5 heteroatoms. The van der Waals surface area contributed by atoms with Crippen molar-refractivity contribution in [2.45, 2.75) is 33.2 Å². The predicted molar refractivity (Wildman–Crippen MR) is 122 cm³/mol. The van der Waals surface area contributed by atoms with Gasteiger partial charge in [-0.25, -0.2) is 5.01 Å². The van der Waals surface area contributed by atoms with Crippen molar-refractivity contribution in [1.29, 1.82) is 0 Å². The van der Waals surface area contributed by atoms with E-state index in [9.17, 15) is 4.79 Å². The summed E-state index contributed by atoms with van der Waals surface area (Å²) in [6.07, 6.45) is 0.753. The number of benzene rings is 2. The van der Waals surface area contributed by atoms with Crippen molar-refractivity contribution in [2.24, 2.45) is 5.10 Å². The summed E-state index contributed by atoms with van der Waals surface area (Å²) in [5.74, 6) is 0.0913. The quantitative estimate of drug-likeness (QED) is 0.764. The van der Waals surface area contributed by atoms with E-state index in [4.69, 9.17) is 5.10 Å². The Hall–Kier alpha value is -2.50. The minimum absolute atomic E-state index is 0.0358. The van der Waals surface area contributed by atoms with Gasteiger partial charge in [0, 0.05) is 38.2 Å². The fourth-order valence-electron chi connectivity index (χ4n) is 4.50. The van der Waals surface area contributed by atoms with Crippen LogP contribution in [-0.2, 0) is 4.79 Å². The van der Waals surface area contributed by atoms with Crippen LogP contribution >= 0.6 is 0 Å². The second kappa shape index (κ2) is 9.11. The molecule has 0 N–H and O–H groups in total. The molecule has 0 saturated carbocycles. The zero-order chi connectivity index (χ0) is 21.1. The van der Waals surface area contributed by atoms with E-state index in [-0.39, 0.29) is 11.9 Å². The Bertz CT molecular complexity index is 916. The lowest BCUT2D eigenvalue weighted by Crippen LogP contribution is -2.49. The third-order valence-electron chi connectivity index (χ3n) is 6.31. The first-order chi connectivity index (χ1) is 14.5. The van der Waals surface area contributed by atoms with Gasteiger partial charge in [-0.05, 0) is 31.5 Å². The van der Waals surface area contributed by atoms with E-state index >= 15 is 0 Å². The first-order valence-electron chi connectivity index (χ1n) is 11.0. The lowest BCUT2D eigenvalue weighted by Gasteiger charge is -2.34. The molecule has 158 valence electrons. The highest BCUT2D eigenvalue weighted by Gasteiger charge is 2.34. The van der Waals surface area contributed by atoms with Crippen LogP contribution in [0, 0.1) is 13.8 Å². The molecule has 5 nitrogen and oxygen atoms in total. The minimum Gasteiger partial charge on any atom is -0.301 e. The highest BCUT2D eigenvalue weighted by Crippen LogP contribution is 2.33. The predicted octanol–water partition coefficient (Wildman–Crippen LogP) is 3.62. The number of aryl methyl sites for hydroxylation is 2. The summed E-state index contributed by atoms with van der Waals surface area (Å²) in [5.41, 5.74) is 5.75. The maximum atomic E-state index is 13.3. The highest BCUT2D eigenvalue weighted by atomic mass is 16.2. The Morgan fingerprint density at radius 1 is 1.00 bits per heavy atom. The topological polar surface area (TPSA) is 39.1 Å². The van der Waals surface area contributed by atoms with Crippen LogP contribution in [0.2, 0.25) is 0 Å². The molecular weight excluding hydrogens is 372 g/mol. The van der Waals surface area contributed by atoms with Crippen molar-refractivity contribution >= 4 is 11.6 Å². The summed E-state index contributed by atoms with van der Waals surface area (Å²) in [6.45, 7) is 11.9. The number of amides is 1. The van der Waals surface area contributed by atoms with Gasteiger partial charge in [-0.2, -0.15) is 5.10 Å². The Balaban J connectivity index is 1.56. The van der Waals surface area contributed by atoms with Gasteiger partial charge in [0.25, 0.3) is 5.91 Å². The molecule has 1 fully saturated rings. The number of carbonyl (C=O) groups is 1. The molecular formula is C25H32N4O. The Labute approximate surface area is 180 Å². The fraction of sp³-hybridized carbons (Fsp3) is 0.440. The van der Waals surface area contributed by atoms with Crippen LogP contribution in [0.4, 0.5) is 0 Å². The van der Waals surface area contributed by atoms with Gasteiger partial charge >= 0.3 is 0 Å². The highest BCUT2D eigenvalue weighted by molar-refractivity contribution is 6.04. The third kappa shape index (κ3) is 4.47. The molecule has 1 saturated heterocycles. The lowest BCUT2D eigenvalue weighted by molar-refractivity contribution is -0.134. The number of nitrogens with zero attached hydrogens (tertiary/aromatic N) is 4. The number of rotatable bonds is 5. The summed E-state index contributed by atoms with van der Waals surface area (Å²) in [5, 5.41) is 6.61. The van der Waals surface area contributed by atoms with Gasteiger partial charge in [-0.3, -0.25) is 9.69 Å². The molecule has 4 rings (SSSR count). The van der Waals surface area contributed by atoms with Gasteiger partial charge in [0.15, 0.2) is 0 Å². The molecule has 2 aromatic carbocycles. The average molecular weight is 405 g/mol. The largest absolute Gasteiger partial charge is 0.301 e. The van der Waals surface area contributed by atoms with Gasteiger partial charge in [0.2, 0.25) is 0 Å². The van der Waals surface area contributed by atoms with Crippen molar-refractivity contribution in [3.63, 3.8) is 0 Å². The summed E-state index contributed by atoms with van der Waals surface area (Å²) < 4.78 is 0. The van der Waals surface area contributed by atoms with E-state index in [0.717, 1.165) is 56.0 Å². The molecule has 2 aliphatic rings. The molecule has 0 aromatic heterocycles. The van der Waals surface area contributed by atoms with Crippen molar-refractivity contribution in [3.05, 3.63) is 70.8 Å². The van der Waals surface area contributed by atoms with Crippen molar-refractivity contribution in [2.75, 3.05) is 39.3 Å². The van der Waals surface area contributed by atoms with E-state index in [1.807, 2.05) is 18.2 Å². The van der Waals surface area contributed by atoms with Gasteiger partial charge in [0.05, 0.1) is 18.3 Å². The van der Waals surface area contributed by atoms with Crippen LogP contribution in [0.1, 0.15) is 41.6 Å². The van der Waals surface area contributed by atoms with E-state index in [1.54, 1.807) is 5.01 Å². The van der Waals surface area contributed by atoms with Gasteiger partial charge < -0.3 is 4.90 Å². The van der Waals surface area contributed by atoms with Crippen molar-refractivity contribution in [1.82, 2.24) is 14.8 Å². The molecule has 1 amide bonds. The van der Waals surface area contributed by atoms with Crippen LogP contribution in [0.15, 0.2) is 53.6 Å². The first kappa shape index (κ1) is 20.8. The molecule has 0 spiro atoms. The van der Waals surface area contributed by atoms with E-state index in [1.165, 1.54) is 11.1 Å². The molecule has 2 heterocycles. The van der Waals surface area contributed by atoms with Gasteiger partial charge in [0.1, 0.15) is 0 Å². The van der Waals surface area contributed by atoms with Crippen LogP contribution < -0.4 is 0 Å². The number of hydrogen-bond donors (Lipinski definition) is 0. The molecule has 30 heavy (non-hydrogen) atoms. The zero-order valence-corrected chi connectivity index (χ0v) is 18.3. The lowest BCUT2D eigenvalue weighted by atomic mass is 9.95. The van der Waals surface area contributed by atoms with Crippen LogP contribution in [0.25, 0.3) is 0 Å². The monoisotopic (exact) mass is 404 g/mol. The van der Waals surface area contributed by atoms with Gasteiger partial charge in [-0.15, -0.1) is 0 Å². The normalized spacial score (nSPS) is 20.4. The SMILES string of the molecule is CCN1CCN(CC(=O)N2N=C(c3ccc(C)cc3C)C[C@@H]2c2ccccc2)CC1. The van der Waals surface area contributed by atoms with Crippen molar-refractivity contribution < 1.29 is 4.79 Å². The summed E-state index contributed by atoms with van der Waals surface area (Å²) in [7, 11) is 0. The maximum absolute atomic E-state index is 13.3. The van der Waals surface area contributed by atoms with E-state index < -0.39 is 0 Å². The van der Waals surface area contributed by atoms with Crippen LogP contribution in [0.5, 0.6) is 0 Å². The molecule has 1 atom stereocenters. The number of likely N-dealkylation sites (N-methyl/N-ethyl adjacent to an activating group) is 1. The molecule has 2 aliphatic heterocycles. The maximum Gasteiger partial charge on any atom is 0.257 e. The Morgan fingerprint density at radius 2 is 1.70 bits per heavy atom. The molecule has 2 aromatic rings. The van der Waals surface area contributed by atoms with Crippen LogP contribution in [-0.4, -0.2) is 65.7 Å².